The number of carbonyl (C=O) groups is 1. The number of nitrogens with zero attached hydrogens (tertiary/aromatic N) is 6. The molecule has 3 heterocycles. The van der Waals surface area contributed by atoms with Crippen LogP contribution in [-0.4, -0.2) is 64.6 Å². The van der Waals surface area contributed by atoms with Crippen LogP contribution in [0.5, 0.6) is 0 Å². The van der Waals surface area contributed by atoms with Crippen LogP contribution in [0.15, 0.2) is 66.2 Å². The summed E-state index contributed by atoms with van der Waals surface area (Å²) >= 11 is 0. The van der Waals surface area contributed by atoms with Crippen LogP contribution in [0.4, 0.5) is 5.82 Å². The zero-order chi connectivity index (χ0) is 19.6. The lowest BCUT2D eigenvalue weighted by Gasteiger charge is -2.35. The molecule has 0 saturated carbocycles. The van der Waals surface area contributed by atoms with Gasteiger partial charge < -0.3 is 9.80 Å². The Morgan fingerprint density at radius 1 is 0.964 bits per heavy atom. The molecule has 1 amide bonds. The second-order valence-corrected chi connectivity index (χ2v) is 8.06. The van der Waals surface area contributed by atoms with E-state index in [4.69, 9.17) is 0 Å². The van der Waals surface area contributed by atoms with Crippen molar-refractivity contribution in [3.8, 4) is 0 Å². The van der Waals surface area contributed by atoms with E-state index in [1.807, 2.05) is 18.2 Å². The van der Waals surface area contributed by atoms with Gasteiger partial charge in [-0.15, -0.1) is 9.19 Å². The standard InChI is InChI=1S/C18H18N6O3S/c25-18(23-11-9-22(10-12-23)17-3-1-2-8-20-17)15-4-6-16(7-5-15)28(26,27)24-14-19-13-21-24/h1-8,13-14H,9-12H2. The highest BCUT2D eigenvalue weighted by Crippen LogP contribution is 2.17. The second-order valence-electron chi connectivity index (χ2n) is 6.26. The first-order valence-corrected chi connectivity index (χ1v) is 10.2. The van der Waals surface area contributed by atoms with Crippen molar-refractivity contribution in [3.63, 3.8) is 0 Å². The van der Waals surface area contributed by atoms with E-state index in [1.165, 1.54) is 24.3 Å². The number of aromatic nitrogens is 4. The minimum Gasteiger partial charge on any atom is -0.353 e. The molecule has 1 fully saturated rings. The number of rotatable bonds is 4. The lowest BCUT2D eigenvalue weighted by Crippen LogP contribution is -2.49. The maximum Gasteiger partial charge on any atom is 0.284 e. The highest BCUT2D eigenvalue weighted by atomic mass is 32.2. The first-order chi connectivity index (χ1) is 13.6. The number of pyridine rings is 1. The average Bonchev–Trinajstić information content (AvgIpc) is 3.30. The van der Waals surface area contributed by atoms with Gasteiger partial charge in [0.25, 0.3) is 15.9 Å². The predicted molar refractivity (Wildman–Crippen MR) is 101 cm³/mol. The Hall–Kier alpha value is -3.27. The molecule has 0 unspecified atom stereocenters. The lowest BCUT2D eigenvalue weighted by atomic mass is 10.2. The fraction of sp³-hybridized carbons (Fsp3) is 0.222. The van der Waals surface area contributed by atoms with E-state index >= 15 is 0 Å². The number of carbonyl (C=O) groups excluding carboxylic acids is 1. The quantitative estimate of drug-likeness (QED) is 0.643. The summed E-state index contributed by atoms with van der Waals surface area (Å²) in [4.78, 5) is 24.7. The van der Waals surface area contributed by atoms with Crippen LogP contribution in [-0.2, 0) is 10.0 Å². The topological polar surface area (TPSA) is 101 Å². The monoisotopic (exact) mass is 398 g/mol. The zero-order valence-corrected chi connectivity index (χ0v) is 15.7. The Morgan fingerprint density at radius 3 is 2.32 bits per heavy atom. The fourth-order valence-electron chi connectivity index (χ4n) is 3.06. The van der Waals surface area contributed by atoms with Crippen molar-refractivity contribution < 1.29 is 13.2 Å². The molecule has 1 aliphatic rings. The van der Waals surface area contributed by atoms with Gasteiger partial charge in [-0.05, 0) is 36.4 Å². The summed E-state index contributed by atoms with van der Waals surface area (Å²) in [6.07, 6.45) is 4.03. The molecule has 144 valence electrons. The van der Waals surface area contributed by atoms with Crippen LogP contribution < -0.4 is 4.90 Å². The Labute approximate surface area is 162 Å². The molecule has 28 heavy (non-hydrogen) atoms. The van der Waals surface area contributed by atoms with Crippen LogP contribution in [0.2, 0.25) is 0 Å². The number of anilines is 1. The van der Waals surface area contributed by atoms with Gasteiger partial charge in [-0.2, -0.15) is 8.42 Å². The summed E-state index contributed by atoms with van der Waals surface area (Å²) in [5, 5.41) is 3.66. The summed E-state index contributed by atoms with van der Waals surface area (Å²) in [6.45, 7) is 2.55. The second kappa shape index (κ2) is 7.39. The molecule has 0 N–H and O–H groups in total. The van der Waals surface area contributed by atoms with Crippen LogP contribution >= 0.6 is 0 Å². The van der Waals surface area contributed by atoms with Gasteiger partial charge in [0.2, 0.25) is 0 Å². The smallest absolute Gasteiger partial charge is 0.284 e. The summed E-state index contributed by atoms with van der Waals surface area (Å²) in [5.74, 6) is 0.780. The van der Waals surface area contributed by atoms with Crippen LogP contribution in [0.25, 0.3) is 0 Å². The normalized spacial score (nSPS) is 14.9. The Morgan fingerprint density at radius 2 is 1.71 bits per heavy atom. The molecule has 9 nitrogen and oxygen atoms in total. The molecular weight excluding hydrogens is 380 g/mol. The minimum atomic E-state index is -3.80. The van der Waals surface area contributed by atoms with E-state index in [0.29, 0.717) is 31.7 Å². The van der Waals surface area contributed by atoms with Crippen molar-refractivity contribution in [1.82, 2.24) is 24.1 Å². The third-order valence-corrected chi connectivity index (χ3v) is 6.13. The van der Waals surface area contributed by atoms with Crippen molar-refractivity contribution >= 4 is 21.7 Å². The van der Waals surface area contributed by atoms with Crippen molar-refractivity contribution in [3.05, 3.63) is 66.9 Å². The van der Waals surface area contributed by atoms with E-state index in [9.17, 15) is 13.2 Å². The molecule has 1 saturated heterocycles. The van der Waals surface area contributed by atoms with E-state index in [1.54, 1.807) is 11.1 Å². The highest BCUT2D eigenvalue weighted by molar-refractivity contribution is 7.89. The number of hydrogen-bond acceptors (Lipinski definition) is 7. The molecule has 10 heteroatoms. The van der Waals surface area contributed by atoms with Gasteiger partial charge in [0, 0.05) is 37.9 Å². The maximum absolute atomic E-state index is 12.7. The molecule has 1 aliphatic heterocycles. The molecule has 0 atom stereocenters. The highest BCUT2D eigenvalue weighted by Gasteiger charge is 2.24. The number of amides is 1. The third-order valence-electron chi connectivity index (χ3n) is 4.58. The summed E-state index contributed by atoms with van der Waals surface area (Å²) in [7, 11) is -3.80. The van der Waals surface area contributed by atoms with Crippen molar-refractivity contribution in [2.75, 3.05) is 31.1 Å². The number of benzene rings is 1. The summed E-state index contributed by atoms with van der Waals surface area (Å²) in [5.41, 5.74) is 0.448. The van der Waals surface area contributed by atoms with Gasteiger partial charge in [0.1, 0.15) is 18.5 Å². The number of piperazine rings is 1. The molecule has 0 radical (unpaired) electrons. The van der Waals surface area contributed by atoms with Gasteiger partial charge in [0.15, 0.2) is 0 Å². The molecule has 3 aromatic rings. The van der Waals surface area contributed by atoms with E-state index < -0.39 is 10.0 Å². The van der Waals surface area contributed by atoms with E-state index in [2.05, 4.69) is 20.0 Å². The molecule has 0 aliphatic carbocycles. The van der Waals surface area contributed by atoms with Gasteiger partial charge >= 0.3 is 0 Å². The molecular formula is C18H18N6O3S. The summed E-state index contributed by atoms with van der Waals surface area (Å²) < 4.78 is 25.6. The first-order valence-electron chi connectivity index (χ1n) is 8.71. The van der Waals surface area contributed by atoms with E-state index in [-0.39, 0.29) is 10.8 Å². The lowest BCUT2D eigenvalue weighted by molar-refractivity contribution is 0.0746. The van der Waals surface area contributed by atoms with Gasteiger partial charge in [-0.25, -0.2) is 9.97 Å². The molecule has 0 bridgehead atoms. The SMILES string of the molecule is O=C(c1ccc(S(=O)(=O)n2cncn2)cc1)N1CCN(c2ccccn2)CC1. The van der Waals surface area contributed by atoms with Crippen LogP contribution in [0, 0.1) is 0 Å². The van der Waals surface area contributed by atoms with Gasteiger partial charge in [0.05, 0.1) is 4.90 Å². The fourth-order valence-corrected chi connectivity index (χ4v) is 4.10. The van der Waals surface area contributed by atoms with Crippen LogP contribution in [0.1, 0.15) is 10.4 Å². The minimum absolute atomic E-state index is 0.0505. The van der Waals surface area contributed by atoms with Crippen molar-refractivity contribution in [2.24, 2.45) is 0 Å². The number of hydrogen-bond donors (Lipinski definition) is 0. The zero-order valence-electron chi connectivity index (χ0n) is 14.9. The third kappa shape index (κ3) is 3.46. The molecule has 1 aromatic carbocycles. The van der Waals surface area contributed by atoms with Crippen molar-refractivity contribution in [2.45, 2.75) is 4.90 Å². The first kappa shape index (κ1) is 18.1. The largest absolute Gasteiger partial charge is 0.353 e. The summed E-state index contributed by atoms with van der Waals surface area (Å²) in [6, 6.07) is 11.6. The molecule has 0 spiro atoms. The Balaban J connectivity index is 1.43. The van der Waals surface area contributed by atoms with Crippen molar-refractivity contribution in [1.29, 1.82) is 0 Å². The predicted octanol–water partition coefficient (Wildman–Crippen LogP) is 0.873. The van der Waals surface area contributed by atoms with E-state index in [0.717, 1.165) is 22.6 Å². The van der Waals surface area contributed by atoms with Gasteiger partial charge in [-0.3, -0.25) is 4.79 Å². The maximum atomic E-state index is 12.7. The molecule has 4 rings (SSSR count). The molecule has 2 aromatic heterocycles. The Kier molecular flexibility index (Phi) is 4.78. The Bertz CT molecular complexity index is 1040. The van der Waals surface area contributed by atoms with Gasteiger partial charge in [-0.1, -0.05) is 6.07 Å². The van der Waals surface area contributed by atoms with Crippen LogP contribution in [0.3, 0.4) is 0 Å². The average molecular weight is 398 g/mol.